The lowest BCUT2D eigenvalue weighted by Crippen LogP contribution is -2.35. The van der Waals surface area contributed by atoms with Gasteiger partial charge in [-0.25, -0.2) is 14.4 Å². The number of hydrogen-bond donors (Lipinski definition) is 0. The van der Waals surface area contributed by atoms with Crippen molar-refractivity contribution in [2.45, 2.75) is 19.1 Å². The molecule has 4 heterocycles. The Bertz CT molecular complexity index is 1100. The van der Waals surface area contributed by atoms with Crippen molar-refractivity contribution in [1.82, 2.24) is 19.4 Å². The number of carbonyl (C=O) groups excluding carboxylic acids is 1. The number of thiophene rings is 1. The molecule has 6 nitrogen and oxygen atoms in total. The Labute approximate surface area is 167 Å². The Kier molecular flexibility index (Phi) is 4.88. The highest BCUT2D eigenvalue weighted by atomic mass is 35.5. The van der Waals surface area contributed by atoms with Crippen LogP contribution in [0.2, 0.25) is 10.2 Å². The van der Waals surface area contributed by atoms with Crippen molar-refractivity contribution in [3.8, 4) is 11.1 Å². The molecule has 0 radical (unpaired) electrons. The molecule has 140 valence electrons. The van der Waals surface area contributed by atoms with E-state index in [0.29, 0.717) is 34.3 Å². The van der Waals surface area contributed by atoms with E-state index in [2.05, 4.69) is 9.97 Å². The van der Waals surface area contributed by atoms with Crippen molar-refractivity contribution in [3.63, 3.8) is 0 Å². The molecule has 1 saturated heterocycles. The van der Waals surface area contributed by atoms with Crippen molar-refractivity contribution in [1.29, 1.82) is 0 Å². The van der Waals surface area contributed by atoms with Gasteiger partial charge >= 0.3 is 0 Å². The number of halogens is 3. The molecule has 0 saturated carbocycles. The molecule has 0 aromatic carbocycles. The highest BCUT2D eigenvalue weighted by Crippen LogP contribution is 2.33. The number of amides is 1. The van der Waals surface area contributed by atoms with Gasteiger partial charge in [-0.1, -0.05) is 23.2 Å². The van der Waals surface area contributed by atoms with Gasteiger partial charge in [0.15, 0.2) is 0 Å². The van der Waals surface area contributed by atoms with E-state index in [-0.39, 0.29) is 34.7 Å². The van der Waals surface area contributed by atoms with E-state index in [9.17, 15) is 14.0 Å². The summed E-state index contributed by atoms with van der Waals surface area (Å²) in [4.78, 5) is 35.6. The lowest BCUT2D eigenvalue weighted by Gasteiger charge is -2.15. The molecule has 1 amide bonds. The summed E-state index contributed by atoms with van der Waals surface area (Å²) < 4.78 is 14.6. The number of rotatable bonds is 3. The quantitative estimate of drug-likeness (QED) is 0.601. The predicted molar refractivity (Wildman–Crippen MR) is 103 cm³/mol. The number of fused-ring (bicyclic) bond motifs is 1. The van der Waals surface area contributed by atoms with Crippen molar-refractivity contribution >= 4 is 50.7 Å². The number of alkyl halides is 1. The summed E-state index contributed by atoms with van der Waals surface area (Å²) in [7, 11) is 0. The first kappa shape index (κ1) is 18.3. The summed E-state index contributed by atoms with van der Waals surface area (Å²) in [6.45, 7) is 0.258. The van der Waals surface area contributed by atoms with Gasteiger partial charge in [0.2, 0.25) is 5.91 Å². The molecule has 1 atom stereocenters. The van der Waals surface area contributed by atoms with Crippen LogP contribution < -0.4 is 5.56 Å². The maximum Gasteiger partial charge on any atom is 0.263 e. The second-order valence-corrected chi connectivity index (χ2v) is 7.85. The number of carbonyl (C=O) groups is 1. The smallest absolute Gasteiger partial charge is 0.263 e. The summed E-state index contributed by atoms with van der Waals surface area (Å²) in [6.07, 6.45) is 2.20. The van der Waals surface area contributed by atoms with E-state index in [4.69, 9.17) is 23.2 Å². The average Bonchev–Trinajstić information content (AvgIpc) is 3.26. The third kappa shape index (κ3) is 3.44. The number of aromatic nitrogens is 3. The predicted octanol–water partition coefficient (Wildman–Crippen LogP) is 3.40. The lowest BCUT2D eigenvalue weighted by molar-refractivity contribution is -0.131. The number of nitrogens with zero attached hydrogens (tertiary/aromatic N) is 4. The summed E-state index contributed by atoms with van der Waals surface area (Å²) in [5.74, 6) is -0.300. The van der Waals surface area contributed by atoms with E-state index < -0.39 is 6.17 Å². The summed E-state index contributed by atoms with van der Waals surface area (Å²) in [5.41, 5.74) is 0.926. The highest BCUT2D eigenvalue weighted by Gasteiger charge is 2.26. The molecular formula is C17H13Cl2FN4O2S. The van der Waals surface area contributed by atoms with Crippen molar-refractivity contribution in [2.75, 3.05) is 13.1 Å². The molecule has 0 bridgehead atoms. The van der Waals surface area contributed by atoms with Gasteiger partial charge < -0.3 is 4.90 Å². The second kappa shape index (κ2) is 7.18. The third-order valence-corrected chi connectivity index (χ3v) is 6.03. The fourth-order valence-electron chi connectivity index (χ4n) is 3.05. The molecule has 0 aliphatic carbocycles. The Morgan fingerprint density at radius 3 is 2.89 bits per heavy atom. The number of pyridine rings is 1. The average molecular weight is 427 g/mol. The molecule has 1 aliphatic heterocycles. The van der Waals surface area contributed by atoms with Crippen LogP contribution in [0.3, 0.4) is 0 Å². The molecule has 0 N–H and O–H groups in total. The Hall–Kier alpha value is -2.03. The van der Waals surface area contributed by atoms with Crippen LogP contribution in [-0.4, -0.2) is 44.6 Å². The Balaban J connectivity index is 1.72. The van der Waals surface area contributed by atoms with Crippen LogP contribution in [0.4, 0.5) is 4.39 Å². The van der Waals surface area contributed by atoms with Crippen molar-refractivity contribution in [2.24, 2.45) is 0 Å². The molecule has 1 unspecified atom stereocenters. The van der Waals surface area contributed by atoms with Crippen LogP contribution in [0.25, 0.3) is 21.3 Å². The van der Waals surface area contributed by atoms with E-state index in [1.165, 1.54) is 33.3 Å². The van der Waals surface area contributed by atoms with Crippen molar-refractivity contribution < 1.29 is 9.18 Å². The number of likely N-dealkylation sites (tertiary alicyclic amines) is 1. The van der Waals surface area contributed by atoms with E-state index >= 15 is 0 Å². The first-order chi connectivity index (χ1) is 12.9. The molecule has 1 aliphatic rings. The number of hydrogen-bond acceptors (Lipinski definition) is 5. The van der Waals surface area contributed by atoms with Gasteiger partial charge in [-0.3, -0.25) is 14.2 Å². The lowest BCUT2D eigenvalue weighted by atomic mass is 10.1. The van der Waals surface area contributed by atoms with Crippen LogP contribution in [0.1, 0.15) is 6.42 Å². The van der Waals surface area contributed by atoms with Gasteiger partial charge in [0.25, 0.3) is 5.56 Å². The van der Waals surface area contributed by atoms with Gasteiger partial charge in [-0.2, -0.15) is 0 Å². The molecule has 10 heteroatoms. The largest absolute Gasteiger partial charge is 0.338 e. The minimum atomic E-state index is -1.00. The molecule has 4 rings (SSSR count). The van der Waals surface area contributed by atoms with Gasteiger partial charge in [-0.15, -0.1) is 11.3 Å². The van der Waals surface area contributed by atoms with E-state index in [1.54, 1.807) is 11.4 Å². The topological polar surface area (TPSA) is 68.1 Å². The van der Waals surface area contributed by atoms with Crippen LogP contribution in [0, 0.1) is 0 Å². The normalized spacial score (nSPS) is 17.0. The molecular weight excluding hydrogens is 414 g/mol. The van der Waals surface area contributed by atoms with Crippen LogP contribution in [0.5, 0.6) is 0 Å². The first-order valence-corrected chi connectivity index (χ1v) is 9.77. The highest BCUT2D eigenvalue weighted by molar-refractivity contribution is 7.17. The van der Waals surface area contributed by atoms with E-state index in [1.807, 2.05) is 0 Å². The van der Waals surface area contributed by atoms with Gasteiger partial charge in [0, 0.05) is 29.2 Å². The zero-order chi connectivity index (χ0) is 19.1. The SMILES string of the molecule is O=C(Cn1cnc2scc(-c3cnc(Cl)c(Cl)c3)c2c1=O)N1CCC(F)C1. The minimum Gasteiger partial charge on any atom is -0.338 e. The minimum absolute atomic E-state index is 0.0713. The summed E-state index contributed by atoms with van der Waals surface area (Å²) in [5, 5.41) is 2.64. The van der Waals surface area contributed by atoms with Gasteiger partial charge in [0.05, 0.1) is 23.3 Å². The second-order valence-electron chi connectivity index (χ2n) is 6.23. The molecule has 3 aromatic rings. The van der Waals surface area contributed by atoms with E-state index in [0.717, 1.165) is 0 Å². The van der Waals surface area contributed by atoms with Crippen LogP contribution >= 0.6 is 34.5 Å². The summed E-state index contributed by atoms with van der Waals surface area (Å²) in [6, 6.07) is 1.63. The zero-order valence-electron chi connectivity index (χ0n) is 13.9. The summed E-state index contributed by atoms with van der Waals surface area (Å²) >= 11 is 13.2. The fourth-order valence-corrected chi connectivity index (χ4v) is 4.23. The fraction of sp³-hybridized carbons (Fsp3) is 0.294. The van der Waals surface area contributed by atoms with Gasteiger partial charge in [0.1, 0.15) is 22.7 Å². The standard InChI is InChI=1S/C17H13Cl2FN4O2S/c18-12-3-9(4-21-15(12)19)11-7-27-16-14(11)17(26)24(8-22-16)6-13(25)23-2-1-10(20)5-23/h3-4,7-8,10H,1-2,5-6H2. The maximum atomic E-state index is 13.3. The monoisotopic (exact) mass is 426 g/mol. The molecule has 1 fully saturated rings. The molecule has 0 spiro atoms. The Morgan fingerprint density at radius 2 is 2.19 bits per heavy atom. The Morgan fingerprint density at radius 1 is 1.37 bits per heavy atom. The first-order valence-electron chi connectivity index (χ1n) is 8.14. The van der Waals surface area contributed by atoms with Crippen molar-refractivity contribution in [3.05, 3.63) is 44.5 Å². The third-order valence-electron chi connectivity index (χ3n) is 4.46. The van der Waals surface area contributed by atoms with Crippen LogP contribution in [0.15, 0.2) is 28.8 Å². The molecule has 3 aromatic heterocycles. The maximum absolute atomic E-state index is 13.3. The molecule has 27 heavy (non-hydrogen) atoms. The van der Waals surface area contributed by atoms with Crippen LogP contribution in [-0.2, 0) is 11.3 Å². The van der Waals surface area contributed by atoms with Gasteiger partial charge in [-0.05, 0) is 12.5 Å². The zero-order valence-corrected chi connectivity index (χ0v) is 16.2.